The van der Waals surface area contributed by atoms with Crippen LogP contribution < -0.4 is 5.32 Å². The van der Waals surface area contributed by atoms with Gasteiger partial charge in [0.2, 0.25) is 0 Å². The van der Waals surface area contributed by atoms with Crippen LogP contribution >= 0.6 is 0 Å². The summed E-state index contributed by atoms with van der Waals surface area (Å²) in [7, 11) is 1.87. The van der Waals surface area contributed by atoms with Crippen LogP contribution in [0, 0.1) is 11.3 Å². The number of nitrogens with one attached hydrogen (secondary N) is 1. The van der Waals surface area contributed by atoms with E-state index in [1.807, 2.05) is 14.0 Å². The number of rotatable bonds is 4. The Morgan fingerprint density at radius 1 is 1.44 bits per heavy atom. The minimum Gasteiger partial charge on any atom is -0.375 e. The van der Waals surface area contributed by atoms with Crippen molar-refractivity contribution in [1.82, 2.24) is 10.2 Å². The molecule has 102 valence electrons. The van der Waals surface area contributed by atoms with E-state index in [9.17, 15) is 5.26 Å². The van der Waals surface area contributed by atoms with Crippen molar-refractivity contribution >= 4 is 0 Å². The molecule has 0 aromatic carbocycles. The highest BCUT2D eigenvalue weighted by Crippen LogP contribution is 2.28. The molecular formula is C14H25N3O. The van der Waals surface area contributed by atoms with E-state index in [0.717, 1.165) is 26.1 Å². The molecule has 4 nitrogen and oxygen atoms in total. The minimum atomic E-state index is -0.400. The average molecular weight is 251 g/mol. The van der Waals surface area contributed by atoms with Gasteiger partial charge in [0.1, 0.15) is 5.54 Å². The smallest absolute Gasteiger partial charge is 0.104 e. The first kappa shape index (κ1) is 13.8. The fraction of sp³-hybridized carbons (Fsp3) is 0.929. The predicted octanol–water partition coefficient (Wildman–Crippen LogP) is 1.52. The van der Waals surface area contributed by atoms with E-state index in [1.54, 1.807) is 0 Å². The first-order chi connectivity index (χ1) is 8.68. The Bertz CT molecular complexity index is 313. The van der Waals surface area contributed by atoms with Crippen molar-refractivity contribution in [2.75, 3.05) is 26.7 Å². The molecule has 1 aliphatic carbocycles. The van der Waals surface area contributed by atoms with Crippen molar-refractivity contribution in [2.24, 2.45) is 0 Å². The van der Waals surface area contributed by atoms with E-state index in [1.165, 1.54) is 25.7 Å². The molecule has 0 bridgehead atoms. The molecular weight excluding hydrogens is 226 g/mol. The molecule has 0 spiro atoms. The number of hydrogen-bond donors (Lipinski definition) is 1. The molecule has 3 unspecified atom stereocenters. The summed E-state index contributed by atoms with van der Waals surface area (Å²) in [4.78, 5) is 2.54. The highest BCUT2D eigenvalue weighted by Gasteiger charge is 2.35. The second-order valence-corrected chi connectivity index (χ2v) is 5.74. The number of nitriles is 1. The summed E-state index contributed by atoms with van der Waals surface area (Å²) >= 11 is 0. The zero-order valence-corrected chi connectivity index (χ0v) is 11.6. The number of ether oxygens (including phenoxy) is 1. The quantitative estimate of drug-likeness (QED) is 0.823. The molecule has 1 aliphatic heterocycles. The van der Waals surface area contributed by atoms with Gasteiger partial charge in [-0.15, -0.1) is 0 Å². The van der Waals surface area contributed by atoms with Crippen LogP contribution in [0.15, 0.2) is 0 Å². The van der Waals surface area contributed by atoms with E-state index in [4.69, 9.17) is 4.74 Å². The summed E-state index contributed by atoms with van der Waals surface area (Å²) < 4.78 is 5.87. The Balaban J connectivity index is 1.90. The molecule has 18 heavy (non-hydrogen) atoms. The summed E-state index contributed by atoms with van der Waals surface area (Å²) in [5.74, 6) is 0. The van der Waals surface area contributed by atoms with Crippen LogP contribution in [0.4, 0.5) is 0 Å². The molecule has 1 N–H and O–H groups in total. The van der Waals surface area contributed by atoms with Crippen LogP contribution in [-0.2, 0) is 4.74 Å². The molecule has 0 amide bonds. The van der Waals surface area contributed by atoms with E-state index in [0.29, 0.717) is 12.1 Å². The van der Waals surface area contributed by atoms with Gasteiger partial charge in [0.05, 0.1) is 18.8 Å². The normalized spacial score (nSPS) is 32.3. The lowest BCUT2D eigenvalue weighted by molar-refractivity contribution is -0.0890. The summed E-state index contributed by atoms with van der Waals surface area (Å²) in [5.41, 5.74) is -0.400. The van der Waals surface area contributed by atoms with Gasteiger partial charge < -0.3 is 10.1 Å². The monoisotopic (exact) mass is 251 g/mol. The standard InChI is InChI=1S/C14H25N3O/c1-14(11-15,16-2)7-8-17-9-10-18-13-6-4-3-5-12(13)17/h12-13,16H,3-10H2,1-2H3. The summed E-state index contributed by atoms with van der Waals surface area (Å²) in [6.07, 6.45) is 6.42. The van der Waals surface area contributed by atoms with Crippen LogP contribution in [0.3, 0.4) is 0 Å². The molecule has 2 fully saturated rings. The van der Waals surface area contributed by atoms with Crippen LogP contribution in [0.5, 0.6) is 0 Å². The SMILES string of the molecule is CNC(C)(C#N)CCN1CCOC2CCCCC21. The highest BCUT2D eigenvalue weighted by molar-refractivity contribution is 5.03. The fourth-order valence-corrected chi connectivity index (χ4v) is 3.06. The van der Waals surface area contributed by atoms with Gasteiger partial charge in [-0.1, -0.05) is 12.8 Å². The maximum Gasteiger partial charge on any atom is 0.104 e. The first-order valence-electron chi connectivity index (χ1n) is 7.14. The Kier molecular flexibility index (Phi) is 4.60. The Hall–Kier alpha value is -0.630. The molecule has 0 aromatic heterocycles. The van der Waals surface area contributed by atoms with Crippen molar-refractivity contribution in [2.45, 2.75) is 56.7 Å². The lowest BCUT2D eigenvalue weighted by Crippen LogP contribution is -2.54. The number of morpholine rings is 1. The molecule has 2 aliphatic rings. The van der Waals surface area contributed by atoms with Crippen molar-refractivity contribution in [3.63, 3.8) is 0 Å². The van der Waals surface area contributed by atoms with Crippen molar-refractivity contribution in [3.05, 3.63) is 0 Å². The Morgan fingerprint density at radius 3 is 2.94 bits per heavy atom. The van der Waals surface area contributed by atoms with E-state index < -0.39 is 5.54 Å². The lowest BCUT2D eigenvalue weighted by atomic mass is 9.89. The van der Waals surface area contributed by atoms with Gasteiger partial charge in [0.25, 0.3) is 0 Å². The second kappa shape index (κ2) is 6.01. The van der Waals surface area contributed by atoms with Gasteiger partial charge >= 0.3 is 0 Å². The summed E-state index contributed by atoms with van der Waals surface area (Å²) in [6, 6.07) is 2.96. The van der Waals surface area contributed by atoms with Crippen molar-refractivity contribution in [1.29, 1.82) is 5.26 Å². The fourth-order valence-electron chi connectivity index (χ4n) is 3.06. The Labute approximate surface area is 110 Å². The maximum absolute atomic E-state index is 9.19. The van der Waals surface area contributed by atoms with E-state index in [2.05, 4.69) is 16.3 Å². The molecule has 1 heterocycles. The van der Waals surface area contributed by atoms with Crippen molar-refractivity contribution in [3.8, 4) is 6.07 Å². The Morgan fingerprint density at radius 2 is 2.22 bits per heavy atom. The second-order valence-electron chi connectivity index (χ2n) is 5.74. The number of hydrogen-bond acceptors (Lipinski definition) is 4. The van der Waals surface area contributed by atoms with E-state index in [-0.39, 0.29) is 0 Å². The van der Waals surface area contributed by atoms with Gasteiger partial charge in [0, 0.05) is 19.1 Å². The summed E-state index contributed by atoms with van der Waals surface area (Å²) in [5, 5.41) is 12.3. The zero-order chi connectivity index (χ0) is 13.0. The molecule has 0 radical (unpaired) electrons. The van der Waals surface area contributed by atoms with Gasteiger partial charge in [-0.25, -0.2) is 0 Å². The largest absolute Gasteiger partial charge is 0.375 e. The molecule has 0 aromatic rings. The molecule has 4 heteroatoms. The average Bonchev–Trinajstić information content (AvgIpc) is 2.44. The first-order valence-corrected chi connectivity index (χ1v) is 7.14. The van der Waals surface area contributed by atoms with Gasteiger partial charge in [-0.3, -0.25) is 4.90 Å². The van der Waals surface area contributed by atoms with Gasteiger partial charge in [-0.2, -0.15) is 5.26 Å². The third-order valence-electron chi connectivity index (χ3n) is 4.54. The van der Waals surface area contributed by atoms with Crippen molar-refractivity contribution < 1.29 is 4.74 Å². The van der Waals surface area contributed by atoms with E-state index >= 15 is 0 Å². The van der Waals surface area contributed by atoms with Gasteiger partial charge in [0.15, 0.2) is 0 Å². The lowest BCUT2D eigenvalue weighted by Gasteiger charge is -2.44. The molecule has 3 atom stereocenters. The third kappa shape index (κ3) is 3.03. The minimum absolute atomic E-state index is 0.400. The van der Waals surface area contributed by atoms with Crippen LogP contribution in [0.2, 0.25) is 0 Å². The van der Waals surface area contributed by atoms with Crippen LogP contribution in [0.25, 0.3) is 0 Å². The summed E-state index contributed by atoms with van der Waals surface area (Å²) in [6.45, 7) is 4.84. The number of fused-ring (bicyclic) bond motifs is 1. The van der Waals surface area contributed by atoms with Crippen LogP contribution in [-0.4, -0.2) is 49.3 Å². The molecule has 2 rings (SSSR count). The topological polar surface area (TPSA) is 48.3 Å². The zero-order valence-electron chi connectivity index (χ0n) is 11.6. The van der Waals surface area contributed by atoms with Crippen LogP contribution in [0.1, 0.15) is 39.0 Å². The number of nitrogens with zero attached hydrogens (tertiary/aromatic N) is 2. The molecule has 1 saturated heterocycles. The third-order valence-corrected chi connectivity index (χ3v) is 4.54. The van der Waals surface area contributed by atoms with Gasteiger partial charge in [-0.05, 0) is 33.2 Å². The highest BCUT2D eigenvalue weighted by atomic mass is 16.5. The molecule has 1 saturated carbocycles. The predicted molar refractivity (Wildman–Crippen MR) is 71.3 cm³/mol. The maximum atomic E-state index is 9.19.